The predicted octanol–water partition coefficient (Wildman–Crippen LogP) is 1.65. The second kappa shape index (κ2) is 12.0. The topological polar surface area (TPSA) is 91.4 Å². The van der Waals surface area contributed by atoms with Crippen LogP contribution in [0.5, 0.6) is 11.5 Å². The van der Waals surface area contributed by atoms with E-state index < -0.39 is 10.0 Å². The number of nitrogens with one attached hydrogen (secondary N) is 1. The highest BCUT2D eigenvalue weighted by atomic mass is 32.2. The second-order valence-corrected chi connectivity index (χ2v) is 10.1. The van der Waals surface area contributed by atoms with Gasteiger partial charge in [0.15, 0.2) is 11.5 Å². The van der Waals surface area contributed by atoms with Gasteiger partial charge in [0.2, 0.25) is 5.91 Å². The van der Waals surface area contributed by atoms with E-state index in [1.807, 2.05) is 0 Å². The van der Waals surface area contributed by atoms with Crippen LogP contribution in [-0.2, 0) is 14.8 Å². The molecule has 0 unspecified atom stereocenters. The molecule has 2 aromatic carbocycles. The maximum atomic E-state index is 13.5. The fraction of sp³-hybridized carbons (Fsp3) is 0.458. The Morgan fingerprint density at radius 2 is 1.68 bits per heavy atom. The van der Waals surface area contributed by atoms with Crippen molar-refractivity contribution in [2.24, 2.45) is 0 Å². The predicted molar refractivity (Wildman–Crippen MR) is 132 cm³/mol. The Kier molecular flexibility index (Phi) is 9.14. The Bertz CT molecular complexity index is 1040. The van der Waals surface area contributed by atoms with Gasteiger partial charge >= 0.3 is 0 Å². The molecule has 186 valence electrons. The summed E-state index contributed by atoms with van der Waals surface area (Å²) in [6.07, 6.45) is 0.809. The van der Waals surface area contributed by atoms with Crippen LogP contribution in [0.1, 0.15) is 6.42 Å². The molecule has 1 heterocycles. The zero-order chi connectivity index (χ0) is 24.6. The molecule has 1 fully saturated rings. The molecule has 0 radical (unpaired) electrons. The van der Waals surface area contributed by atoms with Gasteiger partial charge in [-0.15, -0.1) is 0 Å². The average molecular weight is 491 g/mol. The molecule has 1 aliphatic heterocycles. The van der Waals surface area contributed by atoms with E-state index in [1.165, 1.54) is 32.4 Å². The number of methoxy groups -OCH3 is 2. The summed E-state index contributed by atoms with van der Waals surface area (Å²) in [6.45, 7) is 5.21. The first-order valence-electron chi connectivity index (χ1n) is 11.3. The lowest BCUT2D eigenvalue weighted by atomic mass is 10.3. The minimum Gasteiger partial charge on any atom is -0.493 e. The van der Waals surface area contributed by atoms with E-state index in [0.717, 1.165) is 43.4 Å². The van der Waals surface area contributed by atoms with E-state index in [-0.39, 0.29) is 17.3 Å². The number of rotatable bonds is 11. The zero-order valence-electron chi connectivity index (χ0n) is 20.1. The third kappa shape index (κ3) is 6.62. The van der Waals surface area contributed by atoms with E-state index in [4.69, 9.17) is 9.47 Å². The number of nitrogens with zero attached hydrogens (tertiary/aromatic N) is 3. The van der Waals surface area contributed by atoms with Gasteiger partial charge in [-0.3, -0.25) is 9.10 Å². The number of likely N-dealkylation sites (N-methyl/N-ethyl adjacent to an activating group) is 1. The first-order chi connectivity index (χ1) is 16.3. The molecule has 1 aliphatic rings. The van der Waals surface area contributed by atoms with Crippen molar-refractivity contribution < 1.29 is 22.7 Å². The van der Waals surface area contributed by atoms with Crippen LogP contribution in [0.2, 0.25) is 0 Å². The van der Waals surface area contributed by atoms with Crippen LogP contribution < -0.4 is 19.1 Å². The van der Waals surface area contributed by atoms with Crippen molar-refractivity contribution >= 4 is 21.6 Å². The maximum absolute atomic E-state index is 13.5. The van der Waals surface area contributed by atoms with Crippen molar-refractivity contribution in [2.75, 3.05) is 71.4 Å². The molecule has 0 spiro atoms. The van der Waals surface area contributed by atoms with E-state index in [1.54, 1.807) is 30.3 Å². The number of anilines is 1. The number of carbonyl (C=O) groups is 1. The molecule has 0 saturated carbocycles. The summed E-state index contributed by atoms with van der Waals surface area (Å²) in [5.41, 5.74) is 0.407. The number of carbonyl (C=O) groups excluding carboxylic acids is 1. The van der Waals surface area contributed by atoms with Gasteiger partial charge in [-0.2, -0.15) is 0 Å². The Morgan fingerprint density at radius 1 is 1.00 bits per heavy atom. The molecule has 10 heteroatoms. The molecular formula is C24H34N4O5S. The molecule has 0 atom stereocenters. The lowest BCUT2D eigenvalue weighted by Crippen LogP contribution is -2.45. The highest BCUT2D eigenvalue weighted by Crippen LogP contribution is 2.32. The molecule has 34 heavy (non-hydrogen) atoms. The van der Waals surface area contributed by atoms with Crippen molar-refractivity contribution in [3.63, 3.8) is 0 Å². The van der Waals surface area contributed by atoms with Crippen molar-refractivity contribution in [2.45, 2.75) is 11.3 Å². The molecule has 1 amide bonds. The van der Waals surface area contributed by atoms with Crippen LogP contribution in [-0.4, -0.2) is 91.2 Å². The van der Waals surface area contributed by atoms with E-state index >= 15 is 0 Å². The summed E-state index contributed by atoms with van der Waals surface area (Å²) in [7, 11) is 1.01. The minimum absolute atomic E-state index is 0.0110. The second-order valence-electron chi connectivity index (χ2n) is 8.21. The van der Waals surface area contributed by atoms with E-state index in [0.29, 0.717) is 23.7 Å². The largest absolute Gasteiger partial charge is 0.493 e. The molecule has 2 aromatic rings. The molecule has 0 bridgehead atoms. The fourth-order valence-corrected chi connectivity index (χ4v) is 5.24. The first kappa shape index (κ1) is 25.8. The molecule has 0 aromatic heterocycles. The summed E-state index contributed by atoms with van der Waals surface area (Å²) in [4.78, 5) is 17.4. The Labute approximate surface area is 202 Å². The normalized spacial score (nSPS) is 15.0. The molecule has 3 rings (SSSR count). The van der Waals surface area contributed by atoms with Crippen molar-refractivity contribution in [3.8, 4) is 11.5 Å². The monoisotopic (exact) mass is 490 g/mol. The molecular weight excluding hydrogens is 456 g/mol. The lowest BCUT2D eigenvalue weighted by molar-refractivity contribution is -0.119. The van der Waals surface area contributed by atoms with Gasteiger partial charge in [-0.25, -0.2) is 8.42 Å². The number of amides is 1. The number of sulfonamides is 1. The summed E-state index contributed by atoms with van der Waals surface area (Å²) >= 11 is 0. The number of benzene rings is 2. The standard InChI is InChI=1S/C24H34N4O5S/c1-26-14-16-27(17-15-26)13-7-12-25-24(29)19-28(20-8-5-4-6-9-20)34(30,31)21-10-11-22(32-2)23(18-21)33-3/h4-6,8-11,18H,7,12-17,19H2,1-3H3,(H,25,29). The van der Waals surface area contributed by atoms with Gasteiger partial charge in [-0.1, -0.05) is 18.2 Å². The van der Waals surface area contributed by atoms with Crippen LogP contribution in [0.4, 0.5) is 5.69 Å². The van der Waals surface area contributed by atoms with Crippen LogP contribution in [0.15, 0.2) is 53.4 Å². The smallest absolute Gasteiger partial charge is 0.264 e. The van der Waals surface area contributed by atoms with Gasteiger partial charge in [0, 0.05) is 38.8 Å². The van der Waals surface area contributed by atoms with Crippen LogP contribution in [0.3, 0.4) is 0 Å². The SMILES string of the molecule is COc1ccc(S(=O)(=O)N(CC(=O)NCCCN2CCN(C)CC2)c2ccccc2)cc1OC. The fourth-order valence-electron chi connectivity index (χ4n) is 3.80. The van der Waals surface area contributed by atoms with Crippen LogP contribution >= 0.6 is 0 Å². The lowest BCUT2D eigenvalue weighted by Gasteiger charge is -2.32. The quantitative estimate of drug-likeness (QED) is 0.479. The Balaban J connectivity index is 1.68. The van der Waals surface area contributed by atoms with Gasteiger partial charge in [0.1, 0.15) is 6.54 Å². The van der Waals surface area contributed by atoms with Gasteiger partial charge in [0.25, 0.3) is 10.0 Å². The average Bonchev–Trinajstić information content (AvgIpc) is 2.86. The highest BCUT2D eigenvalue weighted by molar-refractivity contribution is 7.92. The number of piperazine rings is 1. The van der Waals surface area contributed by atoms with E-state index in [9.17, 15) is 13.2 Å². The first-order valence-corrected chi connectivity index (χ1v) is 12.8. The summed E-state index contributed by atoms with van der Waals surface area (Å²) in [6, 6.07) is 13.0. The maximum Gasteiger partial charge on any atom is 0.264 e. The molecule has 1 saturated heterocycles. The van der Waals surface area contributed by atoms with E-state index in [2.05, 4.69) is 22.2 Å². The summed E-state index contributed by atoms with van der Waals surface area (Å²) < 4.78 is 38.7. The number of hydrogen-bond acceptors (Lipinski definition) is 7. The molecule has 1 N–H and O–H groups in total. The van der Waals surface area contributed by atoms with Gasteiger partial charge < -0.3 is 24.6 Å². The van der Waals surface area contributed by atoms with Crippen molar-refractivity contribution in [3.05, 3.63) is 48.5 Å². The van der Waals surface area contributed by atoms with Crippen LogP contribution in [0, 0.1) is 0 Å². The molecule has 0 aliphatic carbocycles. The molecule has 9 nitrogen and oxygen atoms in total. The van der Waals surface area contributed by atoms with Gasteiger partial charge in [0.05, 0.1) is 24.8 Å². The Hall–Kier alpha value is -2.82. The highest BCUT2D eigenvalue weighted by Gasteiger charge is 2.28. The third-order valence-corrected chi connectivity index (χ3v) is 7.61. The third-order valence-electron chi connectivity index (χ3n) is 5.84. The zero-order valence-corrected chi connectivity index (χ0v) is 20.9. The number of ether oxygens (including phenoxy) is 2. The number of para-hydroxylation sites is 1. The van der Waals surface area contributed by atoms with Crippen molar-refractivity contribution in [1.29, 1.82) is 0 Å². The van der Waals surface area contributed by atoms with Crippen LogP contribution in [0.25, 0.3) is 0 Å². The van der Waals surface area contributed by atoms with Gasteiger partial charge in [-0.05, 0) is 44.3 Å². The minimum atomic E-state index is -4.04. The number of hydrogen-bond donors (Lipinski definition) is 1. The summed E-state index contributed by atoms with van der Waals surface area (Å²) in [5, 5.41) is 2.87. The Morgan fingerprint density at radius 3 is 2.32 bits per heavy atom. The van der Waals surface area contributed by atoms with Crippen molar-refractivity contribution in [1.82, 2.24) is 15.1 Å². The summed E-state index contributed by atoms with van der Waals surface area (Å²) in [5.74, 6) is 0.363.